The Morgan fingerprint density at radius 1 is 1.03 bits per heavy atom. The van der Waals surface area contributed by atoms with Crippen LogP contribution in [0.1, 0.15) is 20.7 Å². The molecule has 0 aliphatic heterocycles. The van der Waals surface area contributed by atoms with Gasteiger partial charge in [0.15, 0.2) is 5.82 Å². The molecule has 0 spiro atoms. The van der Waals surface area contributed by atoms with Crippen LogP contribution >= 0.6 is 35.6 Å². The molecule has 0 radical (unpaired) electrons. The summed E-state index contributed by atoms with van der Waals surface area (Å²) < 4.78 is 1.88. The molecule has 0 saturated heterocycles. The second-order valence-electron chi connectivity index (χ2n) is 8.45. The van der Waals surface area contributed by atoms with Gasteiger partial charge in [0.2, 0.25) is 0 Å². The van der Waals surface area contributed by atoms with E-state index in [0.29, 0.717) is 66.1 Å². The number of halogens is 3. The van der Waals surface area contributed by atoms with Crippen molar-refractivity contribution in [3.05, 3.63) is 65.9 Å². The van der Waals surface area contributed by atoms with Crippen LogP contribution in [0.5, 0.6) is 0 Å². The van der Waals surface area contributed by atoms with Crippen LogP contribution in [0.3, 0.4) is 0 Å². The van der Waals surface area contributed by atoms with Gasteiger partial charge in [0.05, 0.1) is 22.4 Å². The number of amides is 2. The van der Waals surface area contributed by atoms with Crippen LogP contribution in [0.25, 0.3) is 22.6 Å². The first-order valence-electron chi connectivity index (χ1n) is 11.9. The fourth-order valence-electron chi connectivity index (χ4n) is 4.03. The zero-order valence-corrected chi connectivity index (χ0v) is 23.2. The molecule has 2 aromatic carbocycles. The number of carbonyl (C=O) groups excluding carboxylic acids is 2. The van der Waals surface area contributed by atoms with Gasteiger partial charge in [0, 0.05) is 68.0 Å². The molecule has 0 aliphatic rings. The van der Waals surface area contributed by atoms with Crippen LogP contribution < -0.4 is 21.3 Å². The van der Waals surface area contributed by atoms with Gasteiger partial charge in [-0.3, -0.25) is 9.59 Å². The van der Waals surface area contributed by atoms with E-state index in [0.717, 1.165) is 16.9 Å². The molecule has 38 heavy (non-hydrogen) atoms. The molecule has 5 N–H and O–H groups in total. The van der Waals surface area contributed by atoms with Crippen molar-refractivity contribution >= 4 is 69.8 Å². The highest BCUT2D eigenvalue weighted by Gasteiger charge is 2.15. The van der Waals surface area contributed by atoms with Crippen molar-refractivity contribution < 1.29 is 9.59 Å². The lowest BCUT2D eigenvalue weighted by Gasteiger charge is -2.22. The minimum Gasteiger partial charge on any atom is -0.369 e. The van der Waals surface area contributed by atoms with Gasteiger partial charge in [-0.2, -0.15) is 0 Å². The fraction of sp³-hybridized carbons (Fsp3) is 0.269. The number of nitrogens with zero attached hydrogens (tertiary/aromatic N) is 3. The van der Waals surface area contributed by atoms with E-state index < -0.39 is 0 Å². The standard InChI is InChI=1S/C26H29Cl2N7O2.ClH/c1-34-16-19(31-26(37)17-2-5-20(6-3-17)35(12-8-27)13-9-28)15-23(34)24-32-21-7-4-18(14-22(21)33-24)25(36)30-11-10-29;/h2-7,14-16H,8-13,29H2,1H3,(H,30,36)(H,31,37)(H,32,33);1H. The minimum absolute atomic E-state index is 0. The largest absolute Gasteiger partial charge is 0.369 e. The maximum absolute atomic E-state index is 12.9. The van der Waals surface area contributed by atoms with Crippen molar-refractivity contribution in [3.63, 3.8) is 0 Å². The molecule has 4 rings (SSSR count). The number of imidazole rings is 1. The monoisotopic (exact) mass is 577 g/mol. The molecule has 0 unspecified atom stereocenters. The summed E-state index contributed by atoms with van der Waals surface area (Å²) >= 11 is 11.8. The Kier molecular flexibility index (Phi) is 10.4. The average Bonchev–Trinajstić information content (AvgIpc) is 3.49. The van der Waals surface area contributed by atoms with Gasteiger partial charge in [-0.1, -0.05) is 0 Å². The van der Waals surface area contributed by atoms with Gasteiger partial charge < -0.3 is 30.8 Å². The van der Waals surface area contributed by atoms with Crippen molar-refractivity contribution in [2.75, 3.05) is 48.2 Å². The second kappa shape index (κ2) is 13.5. The van der Waals surface area contributed by atoms with Gasteiger partial charge in [-0.25, -0.2) is 4.98 Å². The predicted molar refractivity (Wildman–Crippen MR) is 157 cm³/mol. The molecule has 9 nitrogen and oxygen atoms in total. The summed E-state index contributed by atoms with van der Waals surface area (Å²) in [6.45, 7) is 2.14. The van der Waals surface area contributed by atoms with Crippen LogP contribution in [0.2, 0.25) is 0 Å². The molecule has 0 aliphatic carbocycles. The van der Waals surface area contributed by atoms with Crippen LogP contribution in [-0.2, 0) is 7.05 Å². The van der Waals surface area contributed by atoms with E-state index in [2.05, 4.69) is 25.5 Å². The number of hydrogen-bond acceptors (Lipinski definition) is 5. The number of aromatic nitrogens is 3. The summed E-state index contributed by atoms with van der Waals surface area (Å²) in [6.07, 6.45) is 1.82. The molecule has 0 bridgehead atoms. The van der Waals surface area contributed by atoms with E-state index in [1.807, 2.05) is 42.1 Å². The number of aryl methyl sites for hydroxylation is 1. The molecular formula is C26H30Cl3N7O2. The van der Waals surface area contributed by atoms with Gasteiger partial charge in [-0.05, 0) is 48.5 Å². The van der Waals surface area contributed by atoms with E-state index in [1.54, 1.807) is 24.3 Å². The van der Waals surface area contributed by atoms with Gasteiger partial charge >= 0.3 is 0 Å². The highest BCUT2D eigenvalue weighted by molar-refractivity contribution is 6.18. The zero-order valence-electron chi connectivity index (χ0n) is 20.8. The number of fused-ring (bicyclic) bond motifs is 1. The van der Waals surface area contributed by atoms with Gasteiger partial charge in [0.1, 0.15) is 0 Å². The van der Waals surface area contributed by atoms with Crippen molar-refractivity contribution in [1.29, 1.82) is 0 Å². The predicted octanol–water partition coefficient (Wildman–Crippen LogP) is 4.22. The number of rotatable bonds is 11. The molecule has 4 aromatic rings. The third kappa shape index (κ3) is 6.79. The van der Waals surface area contributed by atoms with E-state index in [-0.39, 0.29) is 24.2 Å². The first kappa shape index (κ1) is 29.3. The summed E-state index contributed by atoms with van der Waals surface area (Å²) in [4.78, 5) is 35.1. The zero-order chi connectivity index (χ0) is 26.4. The molecule has 12 heteroatoms. The Morgan fingerprint density at radius 3 is 2.37 bits per heavy atom. The molecular weight excluding hydrogens is 549 g/mol. The Balaban J connectivity index is 0.00000400. The lowest BCUT2D eigenvalue weighted by Crippen LogP contribution is -2.28. The summed E-state index contributed by atoms with van der Waals surface area (Å²) in [5.74, 6) is 1.20. The van der Waals surface area contributed by atoms with Crippen molar-refractivity contribution in [2.45, 2.75) is 0 Å². The Hall–Kier alpha value is -3.24. The molecule has 2 heterocycles. The number of benzene rings is 2. The van der Waals surface area contributed by atoms with Crippen LogP contribution in [0.4, 0.5) is 11.4 Å². The van der Waals surface area contributed by atoms with Crippen molar-refractivity contribution in [2.24, 2.45) is 12.8 Å². The van der Waals surface area contributed by atoms with E-state index >= 15 is 0 Å². The van der Waals surface area contributed by atoms with E-state index in [9.17, 15) is 9.59 Å². The Morgan fingerprint density at radius 2 is 1.71 bits per heavy atom. The Bertz CT molecular complexity index is 1380. The second-order valence-corrected chi connectivity index (χ2v) is 9.21. The highest BCUT2D eigenvalue weighted by Crippen LogP contribution is 2.26. The molecule has 0 atom stereocenters. The van der Waals surface area contributed by atoms with Gasteiger partial charge in [0.25, 0.3) is 11.8 Å². The lowest BCUT2D eigenvalue weighted by atomic mass is 10.1. The number of anilines is 2. The average molecular weight is 579 g/mol. The number of H-pyrrole nitrogens is 1. The highest BCUT2D eigenvalue weighted by atomic mass is 35.5. The summed E-state index contributed by atoms with van der Waals surface area (Å²) in [7, 11) is 1.88. The van der Waals surface area contributed by atoms with Crippen molar-refractivity contribution in [3.8, 4) is 11.5 Å². The molecule has 2 amide bonds. The lowest BCUT2D eigenvalue weighted by molar-refractivity contribution is 0.0954. The summed E-state index contributed by atoms with van der Waals surface area (Å²) in [5.41, 5.74) is 10.4. The van der Waals surface area contributed by atoms with Crippen molar-refractivity contribution in [1.82, 2.24) is 19.9 Å². The Labute approximate surface area is 237 Å². The molecule has 2 aromatic heterocycles. The SMILES string of the molecule is Cl.Cn1cc(NC(=O)c2ccc(N(CCCl)CCCl)cc2)cc1-c1nc2cc(C(=O)NCCN)ccc2[nH]1. The number of aromatic amines is 1. The van der Waals surface area contributed by atoms with Crippen LogP contribution in [0, 0.1) is 0 Å². The van der Waals surface area contributed by atoms with Crippen LogP contribution in [-0.4, -0.2) is 64.3 Å². The molecule has 0 saturated carbocycles. The smallest absolute Gasteiger partial charge is 0.255 e. The maximum Gasteiger partial charge on any atom is 0.255 e. The van der Waals surface area contributed by atoms with E-state index in [4.69, 9.17) is 28.9 Å². The fourth-order valence-corrected chi connectivity index (χ4v) is 4.43. The number of carbonyl (C=O) groups is 2. The number of nitrogens with two attached hydrogens (primary N) is 1. The first-order valence-corrected chi connectivity index (χ1v) is 12.9. The topological polar surface area (TPSA) is 121 Å². The maximum atomic E-state index is 12.9. The minimum atomic E-state index is -0.220. The molecule has 202 valence electrons. The normalized spacial score (nSPS) is 10.7. The summed E-state index contributed by atoms with van der Waals surface area (Å²) in [5, 5.41) is 5.70. The number of hydrogen-bond donors (Lipinski definition) is 4. The van der Waals surface area contributed by atoms with Crippen LogP contribution in [0.15, 0.2) is 54.7 Å². The van der Waals surface area contributed by atoms with Gasteiger partial charge in [-0.15, -0.1) is 35.6 Å². The number of alkyl halides is 2. The quantitative estimate of drug-likeness (QED) is 0.199. The first-order chi connectivity index (χ1) is 17.9. The summed E-state index contributed by atoms with van der Waals surface area (Å²) in [6, 6.07) is 14.5. The molecule has 0 fully saturated rings. The third-order valence-corrected chi connectivity index (χ3v) is 6.22. The third-order valence-electron chi connectivity index (χ3n) is 5.88. The van der Waals surface area contributed by atoms with E-state index in [1.165, 1.54) is 0 Å². The number of nitrogens with one attached hydrogen (secondary N) is 3.